The number of benzene rings is 2. The van der Waals surface area contributed by atoms with E-state index in [2.05, 4.69) is 4.98 Å². The van der Waals surface area contributed by atoms with E-state index in [4.69, 9.17) is 5.73 Å². The molecule has 0 saturated heterocycles. The smallest absolute Gasteiger partial charge is 0.255 e. The van der Waals surface area contributed by atoms with E-state index in [1.54, 1.807) is 6.07 Å². The number of carbonyl (C=O) groups excluding carboxylic acids is 1. The summed E-state index contributed by atoms with van der Waals surface area (Å²) < 4.78 is 28.9. The number of nitrogens with one attached hydrogen (secondary N) is 1. The molecule has 128 valence electrons. The maximum atomic E-state index is 14.7. The Kier molecular flexibility index (Phi) is 4.72. The number of aromatic nitrogens is 1. The van der Waals surface area contributed by atoms with Crippen LogP contribution in [0.25, 0.3) is 10.8 Å². The molecule has 0 aliphatic carbocycles. The van der Waals surface area contributed by atoms with Gasteiger partial charge >= 0.3 is 0 Å². The van der Waals surface area contributed by atoms with Gasteiger partial charge in [0.25, 0.3) is 5.56 Å². The van der Waals surface area contributed by atoms with Gasteiger partial charge in [-0.2, -0.15) is 0 Å². The number of H-pyrrole nitrogens is 1. The Morgan fingerprint density at radius 2 is 1.88 bits per heavy atom. The maximum absolute atomic E-state index is 14.7. The van der Waals surface area contributed by atoms with Crippen LogP contribution >= 0.6 is 0 Å². The van der Waals surface area contributed by atoms with Crippen LogP contribution in [0.1, 0.15) is 27.9 Å². The molecule has 0 fully saturated rings. The Labute approximate surface area is 142 Å². The summed E-state index contributed by atoms with van der Waals surface area (Å²) in [5.74, 6) is -2.60. The van der Waals surface area contributed by atoms with Crippen LogP contribution in [0.4, 0.5) is 8.78 Å². The summed E-state index contributed by atoms with van der Waals surface area (Å²) in [6.07, 6.45) is 2.24. The molecule has 0 aliphatic heterocycles. The fourth-order valence-electron chi connectivity index (χ4n) is 2.84. The van der Waals surface area contributed by atoms with Crippen molar-refractivity contribution < 1.29 is 13.6 Å². The number of carbonyl (C=O) groups is 1. The molecule has 6 heteroatoms. The number of rotatable bonds is 5. The van der Waals surface area contributed by atoms with Crippen LogP contribution in [0.15, 0.2) is 47.4 Å². The predicted octanol–water partition coefficient (Wildman–Crippen LogP) is 2.93. The van der Waals surface area contributed by atoms with Gasteiger partial charge in [0.2, 0.25) is 0 Å². The number of ketones is 1. The summed E-state index contributed by atoms with van der Waals surface area (Å²) in [6.45, 7) is 0.367. The highest BCUT2D eigenvalue weighted by atomic mass is 19.1. The second-order valence-electron chi connectivity index (χ2n) is 5.69. The van der Waals surface area contributed by atoms with Gasteiger partial charge in [-0.1, -0.05) is 18.2 Å². The molecule has 0 aliphatic rings. The highest BCUT2D eigenvalue weighted by Gasteiger charge is 2.23. The highest BCUT2D eigenvalue weighted by molar-refractivity contribution is 6.16. The van der Waals surface area contributed by atoms with Crippen molar-refractivity contribution in [1.82, 2.24) is 4.98 Å². The number of nitrogens with two attached hydrogens (primary N) is 1. The second-order valence-corrected chi connectivity index (χ2v) is 5.69. The topological polar surface area (TPSA) is 76.0 Å². The van der Waals surface area contributed by atoms with Crippen molar-refractivity contribution in [3.63, 3.8) is 0 Å². The molecule has 0 amide bonds. The lowest BCUT2D eigenvalue weighted by Crippen LogP contribution is -2.13. The van der Waals surface area contributed by atoms with Crippen molar-refractivity contribution >= 4 is 16.6 Å². The molecule has 3 N–H and O–H groups in total. The summed E-state index contributed by atoms with van der Waals surface area (Å²) in [5, 5.41) is 0.635. The summed E-state index contributed by atoms with van der Waals surface area (Å²) >= 11 is 0. The van der Waals surface area contributed by atoms with Gasteiger partial charge in [-0.05, 0) is 48.5 Å². The van der Waals surface area contributed by atoms with Crippen molar-refractivity contribution in [2.24, 2.45) is 5.73 Å². The number of aromatic amines is 1. The monoisotopic (exact) mass is 342 g/mol. The quantitative estimate of drug-likeness (QED) is 0.700. The predicted molar refractivity (Wildman–Crippen MR) is 91.7 cm³/mol. The largest absolute Gasteiger partial charge is 0.330 e. The molecule has 25 heavy (non-hydrogen) atoms. The van der Waals surface area contributed by atoms with Gasteiger partial charge in [-0.3, -0.25) is 9.59 Å². The number of halogens is 2. The van der Waals surface area contributed by atoms with E-state index in [-0.39, 0.29) is 22.1 Å². The Balaban J connectivity index is 2.17. The average molecular weight is 342 g/mol. The Bertz CT molecular complexity index is 1010. The van der Waals surface area contributed by atoms with Crippen molar-refractivity contribution in [3.8, 4) is 0 Å². The van der Waals surface area contributed by atoms with Crippen molar-refractivity contribution in [2.75, 3.05) is 6.54 Å². The summed E-state index contributed by atoms with van der Waals surface area (Å²) in [4.78, 5) is 27.2. The molecule has 3 rings (SSSR count). The molecule has 0 spiro atoms. The van der Waals surface area contributed by atoms with Crippen molar-refractivity contribution in [1.29, 1.82) is 0 Å². The van der Waals surface area contributed by atoms with Crippen LogP contribution in [0, 0.1) is 11.6 Å². The zero-order chi connectivity index (χ0) is 18.0. The van der Waals surface area contributed by atoms with Crippen LogP contribution in [-0.2, 0) is 6.42 Å². The summed E-state index contributed by atoms with van der Waals surface area (Å²) in [5.41, 5.74) is 4.77. The third-order valence-electron chi connectivity index (χ3n) is 4.11. The lowest BCUT2D eigenvalue weighted by molar-refractivity contribution is 0.103. The first-order chi connectivity index (χ1) is 12.0. The van der Waals surface area contributed by atoms with Crippen molar-refractivity contribution in [3.05, 3.63) is 81.3 Å². The molecule has 0 atom stereocenters. The zero-order valence-corrected chi connectivity index (χ0v) is 13.3. The molecule has 2 aromatic carbocycles. The molecular formula is C19H16F2N2O2. The minimum atomic E-state index is -0.930. The summed E-state index contributed by atoms with van der Waals surface area (Å²) in [6, 6.07) is 8.47. The van der Waals surface area contributed by atoms with E-state index in [1.807, 2.05) is 0 Å². The fourth-order valence-corrected chi connectivity index (χ4v) is 2.84. The lowest BCUT2D eigenvalue weighted by Gasteiger charge is -2.10. The van der Waals surface area contributed by atoms with Gasteiger partial charge in [-0.25, -0.2) is 8.78 Å². The molecule has 0 radical (unpaired) electrons. The molecule has 0 unspecified atom stereocenters. The second kappa shape index (κ2) is 6.94. The van der Waals surface area contributed by atoms with E-state index >= 15 is 0 Å². The van der Waals surface area contributed by atoms with Crippen LogP contribution in [0.2, 0.25) is 0 Å². The molecular weight excluding hydrogens is 326 g/mol. The molecule has 0 bridgehead atoms. The number of fused-ring (bicyclic) bond motifs is 1. The highest BCUT2D eigenvalue weighted by Crippen LogP contribution is 2.24. The lowest BCUT2D eigenvalue weighted by atomic mass is 9.95. The normalized spacial score (nSPS) is 11.0. The van der Waals surface area contributed by atoms with Crippen LogP contribution in [0.5, 0.6) is 0 Å². The zero-order valence-electron chi connectivity index (χ0n) is 13.3. The van der Waals surface area contributed by atoms with E-state index in [1.165, 1.54) is 30.5 Å². The fraction of sp³-hybridized carbons (Fsp3) is 0.158. The first-order valence-electron chi connectivity index (χ1n) is 7.86. The van der Waals surface area contributed by atoms with Crippen molar-refractivity contribution in [2.45, 2.75) is 12.8 Å². The van der Waals surface area contributed by atoms with Gasteiger partial charge in [-0.15, -0.1) is 0 Å². The van der Waals surface area contributed by atoms with E-state index < -0.39 is 23.0 Å². The SMILES string of the molecule is NCCCc1ccc(F)c(C(=O)c2cccc3c(=O)[nH]ccc23)c1F. The molecule has 4 nitrogen and oxygen atoms in total. The van der Waals surface area contributed by atoms with Crippen LogP contribution in [0.3, 0.4) is 0 Å². The molecule has 3 aromatic rings. The first-order valence-corrected chi connectivity index (χ1v) is 7.86. The number of hydrogen-bond donors (Lipinski definition) is 2. The van der Waals surface area contributed by atoms with Crippen LogP contribution < -0.4 is 11.3 Å². The van der Waals surface area contributed by atoms with E-state index in [0.29, 0.717) is 24.8 Å². The van der Waals surface area contributed by atoms with Gasteiger partial charge in [0.05, 0.1) is 5.56 Å². The first kappa shape index (κ1) is 17.0. The van der Waals surface area contributed by atoms with Crippen LogP contribution in [-0.4, -0.2) is 17.3 Å². The minimum Gasteiger partial charge on any atom is -0.330 e. The Morgan fingerprint density at radius 3 is 2.64 bits per heavy atom. The molecule has 1 aromatic heterocycles. The van der Waals surface area contributed by atoms with Gasteiger partial charge in [0.1, 0.15) is 11.6 Å². The minimum absolute atomic E-state index is 0.0809. The van der Waals surface area contributed by atoms with E-state index in [0.717, 1.165) is 6.07 Å². The van der Waals surface area contributed by atoms with E-state index in [9.17, 15) is 18.4 Å². The van der Waals surface area contributed by atoms with Gasteiger partial charge < -0.3 is 10.7 Å². The number of hydrogen-bond acceptors (Lipinski definition) is 3. The third-order valence-corrected chi connectivity index (χ3v) is 4.11. The maximum Gasteiger partial charge on any atom is 0.255 e. The molecule has 1 heterocycles. The van der Waals surface area contributed by atoms with Gasteiger partial charge in [0, 0.05) is 17.1 Å². The molecule has 0 saturated carbocycles. The van der Waals surface area contributed by atoms with Gasteiger partial charge in [0.15, 0.2) is 5.78 Å². The average Bonchev–Trinajstić information content (AvgIpc) is 2.61. The Hall–Kier alpha value is -2.86. The Morgan fingerprint density at radius 1 is 1.08 bits per heavy atom. The number of pyridine rings is 1. The summed E-state index contributed by atoms with van der Waals surface area (Å²) in [7, 11) is 0. The number of aryl methyl sites for hydroxylation is 1. The standard InChI is InChI=1S/C19H16F2N2O2/c20-15-7-6-11(3-2-9-22)17(21)16(15)18(24)13-4-1-5-14-12(13)8-10-23-19(14)25/h1,4-8,10H,2-3,9,22H2,(H,23,25). The third kappa shape index (κ3) is 3.08.